The van der Waals surface area contributed by atoms with E-state index >= 15 is 0 Å². The van der Waals surface area contributed by atoms with Crippen molar-refractivity contribution < 1.29 is 19.2 Å². The van der Waals surface area contributed by atoms with Gasteiger partial charge >= 0.3 is 6.03 Å². The second-order valence-electron chi connectivity index (χ2n) is 8.93. The number of benzene rings is 1. The van der Waals surface area contributed by atoms with Crippen molar-refractivity contribution in [1.29, 1.82) is 0 Å². The lowest BCUT2D eigenvalue weighted by molar-refractivity contribution is -0.385. The number of methoxy groups -OCH3 is 1. The first-order valence-corrected chi connectivity index (χ1v) is 11.7. The molecule has 1 aliphatic rings. The van der Waals surface area contributed by atoms with Crippen molar-refractivity contribution in [2.45, 2.75) is 38.8 Å². The summed E-state index contributed by atoms with van der Waals surface area (Å²) in [5.74, 6) is -0.386. The van der Waals surface area contributed by atoms with Crippen molar-refractivity contribution in [1.82, 2.24) is 15.2 Å². The fourth-order valence-corrected chi connectivity index (χ4v) is 4.25. The van der Waals surface area contributed by atoms with Crippen LogP contribution in [0.5, 0.6) is 0 Å². The van der Waals surface area contributed by atoms with E-state index < -0.39 is 16.5 Å². The summed E-state index contributed by atoms with van der Waals surface area (Å²) < 4.78 is 5.12. The number of non-ortho nitro benzene ring substituents is 1. The molecule has 1 aliphatic heterocycles. The summed E-state index contributed by atoms with van der Waals surface area (Å²) in [6.07, 6.45) is 0.416. The van der Waals surface area contributed by atoms with E-state index in [4.69, 9.17) is 4.74 Å². The van der Waals surface area contributed by atoms with Gasteiger partial charge in [0.05, 0.1) is 28.2 Å². The molecule has 3 rings (SSSR count). The highest BCUT2D eigenvalue weighted by molar-refractivity contribution is 7.12. The summed E-state index contributed by atoms with van der Waals surface area (Å²) in [5.41, 5.74) is 0.804. The second-order valence-corrected chi connectivity index (χ2v) is 9.88. The molecule has 2 heterocycles. The number of nitrogens with one attached hydrogen (secondary N) is 1. The molecule has 1 atom stereocenters. The predicted molar refractivity (Wildman–Crippen MR) is 130 cm³/mol. The monoisotopic (exact) mass is 487 g/mol. The van der Waals surface area contributed by atoms with Crippen LogP contribution in [0.2, 0.25) is 0 Å². The molecule has 1 N–H and O–H groups in total. The molecule has 0 radical (unpaired) electrons. The molecule has 0 bridgehead atoms. The molecule has 34 heavy (non-hydrogen) atoms. The van der Waals surface area contributed by atoms with Gasteiger partial charge in [-0.1, -0.05) is 18.2 Å². The van der Waals surface area contributed by atoms with Gasteiger partial charge in [0.25, 0.3) is 11.6 Å². The number of carbonyl (C=O) groups is 2. The first-order valence-electron chi connectivity index (χ1n) is 10.8. The molecule has 182 valence electrons. The van der Waals surface area contributed by atoms with Crippen LogP contribution >= 0.6 is 11.3 Å². The van der Waals surface area contributed by atoms with Gasteiger partial charge in [-0.3, -0.25) is 14.9 Å². The average Bonchev–Trinajstić information content (AvgIpc) is 3.45. The van der Waals surface area contributed by atoms with Crippen molar-refractivity contribution >= 4 is 34.7 Å². The fraction of sp³-hybridized carbons (Fsp3) is 0.435. The molecule has 0 saturated carbocycles. The summed E-state index contributed by atoms with van der Waals surface area (Å²) >= 11 is 1.51. The van der Waals surface area contributed by atoms with Gasteiger partial charge in [-0.25, -0.2) is 9.80 Å². The van der Waals surface area contributed by atoms with Crippen LogP contribution in [0.15, 0.2) is 46.9 Å². The number of rotatable bonds is 8. The highest BCUT2D eigenvalue weighted by atomic mass is 32.1. The highest BCUT2D eigenvalue weighted by Gasteiger charge is 2.35. The largest absolute Gasteiger partial charge is 0.383 e. The van der Waals surface area contributed by atoms with E-state index in [0.29, 0.717) is 12.0 Å². The van der Waals surface area contributed by atoms with E-state index in [9.17, 15) is 19.7 Å². The number of carbonyl (C=O) groups excluding carboxylic acids is 2. The molecule has 1 aromatic heterocycles. The lowest BCUT2D eigenvalue weighted by Gasteiger charge is -2.30. The maximum Gasteiger partial charge on any atom is 0.318 e. The number of ether oxygens (including phenoxy) is 1. The molecule has 0 spiro atoms. The number of nitrogens with zero attached hydrogens (tertiary/aromatic N) is 4. The van der Waals surface area contributed by atoms with E-state index in [2.05, 4.69) is 10.4 Å². The van der Waals surface area contributed by atoms with Crippen LogP contribution in [0.4, 0.5) is 10.5 Å². The van der Waals surface area contributed by atoms with Gasteiger partial charge in [0, 0.05) is 37.7 Å². The summed E-state index contributed by atoms with van der Waals surface area (Å²) in [5, 5.41) is 22.0. The zero-order valence-corrected chi connectivity index (χ0v) is 20.5. The molecule has 0 saturated heterocycles. The first kappa shape index (κ1) is 25.3. The third-order valence-electron chi connectivity index (χ3n) is 5.10. The van der Waals surface area contributed by atoms with E-state index in [0.717, 1.165) is 10.6 Å². The van der Waals surface area contributed by atoms with Gasteiger partial charge in [0.1, 0.15) is 6.54 Å². The smallest absolute Gasteiger partial charge is 0.318 e. The summed E-state index contributed by atoms with van der Waals surface area (Å²) in [6, 6.07) is 9.15. The predicted octanol–water partition coefficient (Wildman–Crippen LogP) is 3.79. The lowest BCUT2D eigenvalue weighted by Crippen LogP contribution is -2.52. The lowest BCUT2D eigenvalue weighted by atomic mass is 10.0. The summed E-state index contributed by atoms with van der Waals surface area (Å²) in [6.45, 7) is 5.86. The van der Waals surface area contributed by atoms with Crippen LogP contribution < -0.4 is 5.32 Å². The Balaban J connectivity index is 1.89. The summed E-state index contributed by atoms with van der Waals surface area (Å²) in [4.78, 5) is 39.4. The second kappa shape index (κ2) is 10.7. The number of nitro benzene ring substituents is 1. The normalized spacial score (nSPS) is 15.7. The minimum atomic E-state index is -0.514. The Kier molecular flexibility index (Phi) is 8.00. The van der Waals surface area contributed by atoms with Gasteiger partial charge in [0.15, 0.2) is 0 Å². The minimum absolute atomic E-state index is 0.0549. The third-order valence-corrected chi connectivity index (χ3v) is 6.02. The Morgan fingerprint density at radius 2 is 2.09 bits per heavy atom. The molecule has 0 aliphatic carbocycles. The summed E-state index contributed by atoms with van der Waals surface area (Å²) in [7, 11) is 1.53. The SMILES string of the molecule is COCCN(CC(=O)N1N=C(c2cccs2)C[C@H]1c1cccc([N+](=O)[O-])c1)C(=O)NC(C)(C)C. The van der Waals surface area contributed by atoms with Crippen molar-refractivity contribution in [2.75, 3.05) is 26.8 Å². The topological polar surface area (TPSA) is 117 Å². The standard InChI is InChI=1S/C23H29N5O5S/c1-23(2,3)24-22(30)26(10-11-33-4)15-21(29)27-19(14-18(25-27)20-9-6-12-34-20)16-7-5-8-17(13-16)28(31)32/h5-9,12-13,19H,10-11,14-15H2,1-4H3,(H,24,30)/t19-/m0/s1. The molecule has 2 aromatic rings. The number of hydrazone groups is 1. The Bertz CT molecular complexity index is 1060. The van der Waals surface area contributed by atoms with Crippen molar-refractivity contribution in [2.24, 2.45) is 5.10 Å². The highest BCUT2D eigenvalue weighted by Crippen LogP contribution is 2.35. The Hall–Kier alpha value is -3.31. The number of hydrogen-bond donors (Lipinski definition) is 1. The van der Waals surface area contributed by atoms with Gasteiger partial charge < -0.3 is 15.0 Å². The van der Waals surface area contributed by atoms with Crippen molar-refractivity contribution in [3.8, 4) is 0 Å². The van der Waals surface area contributed by atoms with E-state index in [1.54, 1.807) is 12.1 Å². The zero-order chi connectivity index (χ0) is 24.9. The zero-order valence-electron chi connectivity index (χ0n) is 19.7. The maximum atomic E-state index is 13.4. The van der Waals surface area contributed by atoms with Crippen LogP contribution in [0.1, 0.15) is 43.7 Å². The molecular weight excluding hydrogens is 458 g/mol. The van der Waals surface area contributed by atoms with Crippen LogP contribution in [-0.2, 0) is 9.53 Å². The van der Waals surface area contributed by atoms with Gasteiger partial charge in [-0.15, -0.1) is 11.3 Å². The first-order chi connectivity index (χ1) is 16.1. The maximum absolute atomic E-state index is 13.4. The van der Waals surface area contributed by atoms with Gasteiger partial charge in [-0.05, 0) is 37.8 Å². The Morgan fingerprint density at radius 1 is 1.32 bits per heavy atom. The molecule has 11 heteroatoms. The van der Waals surface area contributed by atoms with Gasteiger partial charge in [-0.2, -0.15) is 5.10 Å². The molecule has 1 aromatic carbocycles. The quantitative estimate of drug-likeness (QED) is 0.449. The molecular formula is C23H29N5O5S. The average molecular weight is 488 g/mol. The fourth-order valence-electron chi connectivity index (χ4n) is 3.53. The Morgan fingerprint density at radius 3 is 2.71 bits per heavy atom. The van der Waals surface area contributed by atoms with Crippen molar-refractivity contribution in [3.05, 3.63) is 62.3 Å². The van der Waals surface area contributed by atoms with Crippen LogP contribution in [-0.4, -0.2) is 64.8 Å². The van der Waals surface area contributed by atoms with Gasteiger partial charge in [0.2, 0.25) is 0 Å². The number of urea groups is 1. The van der Waals surface area contributed by atoms with Crippen LogP contribution in [0.25, 0.3) is 0 Å². The van der Waals surface area contributed by atoms with E-state index in [1.807, 2.05) is 38.3 Å². The molecule has 0 unspecified atom stereocenters. The number of thiophene rings is 1. The third kappa shape index (κ3) is 6.39. The molecule has 3 amide bonds. The molecule has 10 nitrogen and oxygen atoms in total. The number of hydrogen-bond acceptors (Lipinski definition) is 7. The number of nitro groups is 1. The van der Waals surface area contributed by atoms with E-state index in [1.165, 1.54) is 40.5 Å². The minimum Gasteiger partial charge on any atom is -0.383 e. The van der Waals surface area contributed by atoms with Crippen molar-refractivity contribution in [3.63, 3.8) is 0 Å². The number of amides is 3. The Labute approximate surface area is 202 Å². The van der Waals surface area contributed by atoms with E-state index in [-0.39, 0.29) is 37.3 Å². The molecule has 0 fully saturated rings. The van der Waals surface area contributed by atoms with Crippen LogP contribution in [0, 0.1) is 10.1 Å². The van der Waals surface area contributed by atoms with Crippen LogP contribution in [0.3, 0.4) is 0 Å².